The van der Waals surface area contributed by atoms with Crippen molar-refractivity contribution in [2.75, 3.05) is 19.4 Å². The molecule has 1 heterocycles. The number of nitrogens with zero attached hydrogens (tertiary/aromatic N) is 1. The Morgan fingerprint density at radius 2 is 2.05 bits per heavy atom. The average Bonchev–Trinajstić information content (AvgIpc) is 2.49. The maximum absolute atomic E-state index is 12.6. The Hall–Kier alpha value is -2.07. The average molecular weight is 345 g/mol. The van der Waals surface area contributed by atoms with Crippen LogP contribution in [0.2, 0.25) is 0 Å². The van der Waals surface area contributed by atoms with Gasteiger partial charge in [-0.1, -0.05) is 11.8 Å². The molecular formula is C12H11NO7S2. The minimum absolute atomic E-state index is 0.108. The molecule has 1 amide bonds. The molecule has 0 spiro atoms. The Balaban J connectivity index is 2.57. The molecule has 1 fully saturated rings. The first-order chi connectivity index (χ1) is 10.3. The molecule has 22 heavy (non-hydrogen) atoms. The van der Waals surface area contributed by atoms with Gasteiger partial charge in [0.15, 0.2) is 0 Å². The third-order valence-electron chi connectivity index (χ3n) is 2.91. The van der Waals surface area contributed by atoms with Gasteiger partial charge in [-0.25, -0.2) is 17.5 Å². The van der Waals surface area contributed by atoms with Crippen molar-refractivity contribution in [3.8, 4) is 5.75 Å². The van der Waals surface area contributed by atoms with Gasteiger partial charge in [0.2, 0.25) is 0 Å². The van der Waals surface area contributed by atoms with E-state index in [-0.39, 0.29) is 23.6 Å². The molecule has 0 aromatic heterocycles. The number of methoxy groups -OCH3 is 1. The highest BCUT2D eigenvalue weighted by Gasteiger charge is 2.38. The number of carbonyl (C=O) groups is 3. The van der Waals surface area contributed by atoms with Crippen LogP contribution in [0.25, 0.3) is 0 Å². The van der Waals surface area contributed by atoms with Gasteiger partial charge in [-0.05, 0) is 18.2 Å². The lowest BCUT2D eigenvalue weighted by Gasteiger charge is -2.25. The smallest absolute Gasteiger partial charge is 0.335 e. The van der Waals surface area contributed by atoms with E-state index in [1.807, 2.05) is 0 Å². The second kappa shape index (κ2) is 5.97. The zero-order chi connectivity index (χ0) is 16.5. The standard InChI is InChI=1S/C12H11NO7S2/c1-20-8-3-2-7(11(15)16)6-9(8)22(18,19)13-4-5-21-12(17)10(13)14/h2-3,6H,4-5H2,1H3,(H,15,16). The van der Waals surface area contributed by atoms with Crippen molar-refractivity contribution in [3.63, 3.8) is 0 Å². The van der Waals surface area contributed by atoms with Gasteiger partial charge in [0.1, 0.15) is 10.6 Å². The summed E-state index contributed by atoms with van der Waals surface area (Å²) in [4.78, 5) is 33.7. The van der Waals surface area contributed by atoms with E-state index in [1.54, 1.807) is 0 Å². The minimum Gasteiger partial charge on any atom is -0.495 e. The molecule has 1 aromatic carbocycles. The van der Waals surface area contributed by atoms with E-state index >= 15 is 0 Å². The van der Waals surface area contributed by atoms with E-state index in [9.17, 15) is 22.8 Å². The molecule has 1 aromatic rings. The Morgan fingerprint density at radius 1 is 1.36 bits per heavy atom. The third-order valence-corrected chi connectivity index (χ3v) is 5.53. The molecule has 0 saturated carbocycles. The lowest BCUT2D eigenvalue weighted by Crippen LogP contribution is -2.45. The van der Waals surface area contributed by atoms with Crippen molar-refractivity contribution >= 4 is 38.8 Å². The number of ether oxygens (including phenoxy) is 1. The molecule has 1 N–H and O–H groups in total. The first-order valence-corrected chi connectivity index (χ1v) is 8.36. The molecule has 0 atom stereocenters. The van der Waals surface area contributed by atoms with Crippen molar-refractivity contribution in [1.82, 2.24) is 4.31 Å². The van der Waals surface area contributed by atoms with Crippen molar-refractivity contribution in [2.45, 2.75) is 4.90 Å². The lowest BCUT2D eigenvalue weighted by atomic mass is 10.2. The molecule has 0 aliphatic carbocycles. The SMILES string of the molecule is COc1ccc(C(=O)O)cc1S(=O)(=O)N1CCSC(=O)C1=O. The van der Waals surface area contributed by atoms with E-state index in [4.69, 9.17) is 9.84 Å². The monoisotopic (exact) mass is 345 g/mol. The summed E-state index contributed by atoms with van der Waals surface area (Å²) in [5.74, 6) is -2.44. The van der Waals surface area contributed by atoms with Crippen LogP contribution in [-0.2, 0) is 19.6 Å². The number of benzene rings is 1. The molecule has 118 valence electrons. The number of hydrogen-bond donors (Lipinski definition) is 1. The molecule has 0 unspecified atom stereocenters. The maximum atomic E-state index is 12.6. The molecule has 1 aliphatic rings. The van der Waals surface area contributed by atoms with E-state index in [1.165, 1.54) is 19.2 Å². The predicted molar refractivity (Wildman–Crippen MR) is 76.3 cm³/mol. The number of sulfonamides is 1. The van der Waals surface area contributed by atoms with Gasteiger partial charge in [-0.2, -0.15) is 0 Å². The normalized spacial score (nSPS) is 15.8. The second-order valence-electron chi connectivity index (χ2n) is 4.19. The van der Waals surface area contributed by atoms with Crippen LogP contribution in [0.5, 0.6) is 5.75 Å². The Bertz CT molecular complexity index is 757. The molecule has 0 radical (unpaired) electrons. The number of hydrogen-bond acceptors (Lipinski definition) is 7. The fourth-order valence-electron chi connectivity index (χ4n) is 1.85. The lowest BCUT2D eigenvalue weighted by molar-refractivity contribution is -0.137. The zero-order valence-electron chi connectivity index (χ0n) is 11.3. The summed E-state index contributed by atoms with van der Waals surface area (Å²) in [5, 5.41) is 8.10. The highest BCUT2D eigenvalue weighted by Crippen LogP contribution is 2.30. The van der Waals surface area contributed by atoms with Crippen LogP contribution in [-0.4, -0.2) is 54.2 Å². The van der Waals surface area contributed by atoms with Crippen LogP contribution in [0.1, 0.15) is 10.4 Å². The van der Waals surface area contributed by atoms with Gasteiger partial charge in [-0.15, -0.1) is 0 Å². The van der Waals surface area contributed by atoms with E-state index in [0.29, 0.717) is 4.31 Å². The fourth-order valence-corrected chi connectivity index (χ4v) is 4.26. The molecular weight excluding hydrogens is 334 g/mol. The molecule has 10 heteroatoms. The Kier molecular flexibility index (Phi) is 4.42. The molecule has 1 saturated heterocycles. The number of amides is 1. The Labute approximate surface area is 130 Å². The van der Waals surface area contributed by atoms with E-state index in [2.05, 4.69) is 0 Å². The predicted octanol–water partition coefficient (Wildman–Crippen LogP) is 0.184. The summed E-state index contributed by atoms with van der Waals surface area (Å²) < 4.78 is 30.5. The van der Waals surface area contributed by atoms with Gasteiger partial charge in [0.25, 0.3) is 15.1 Å². The number of thioether (sulfide) groups is 1. The van der Waals surface area contributed by atoms with Crippen molar-refractivity contribution in [2.24, 2.45) is 0 Å². The summed E-state index contributed by atoms with van der Waals surface area (Å²) in [7, 11) is -3.17. The van der Waals surface area contributed by atoms with Crippen molar-refractivity contribution in [1.29, 1.82) is 0 Å². The number of rotatable bonds is 4. The maximum Gasteiger partial charge on any atom is 0.335 e. The van der Waals surface area contributed by atoms with Gasteiger partial charge in [0, 0.05) is 12.3 Å². The van der Waals surface area contributed by atoms with E-state index in [0.717, 1.165) is 17.8 Å². The second-order valence-corrected chi connectivity index (χ2v) is 7.09. The summed E-state index contributed by atoms with van der Waals surface area (Å²) in [5.41, 5.74) is -0.274. The van der Waals surface area contributed by atoms with Crippen LogP contribution < -0.4 is 4.74 Å². The zero-order valence-corrected chi connectivity index (χ0v) is 12.9. The van der Waals surface area contributed by atoms with Crippen LogP contribution >= 0.6 is 11.8 Å². The number of aromatic carboxylic acids is 1. The molecule has 2 rings (SSSR count). The van der Waals surface area contributed by atoms with Crippen LogP contribution in [0.15, 0.2) is 23.1 Å². The van der Waals surface area contributed by atoms with Gasteiger partial charge in [-0.3, -0.25) is 9.59 Å². The first kappa shape index (κ1) is 16.3. The third kappa shape index (κ3) is 2.79. The molecule has 1 aliphatic heterocycles. The van der Waals surface area contributed by atoms with Crippen molar-refractivity contribution < 1.29 is 32.6 Å². The highest BCUT2D eigenvalue weighted by atomic mass is 32.2. The van der Waals surface area contributed by atoms with Gasteiger partial charge < -0.3 is 9.84 Å². The largest absolute Gasteiger partial charge is 0.495 e. The Morgan fingerprint density at radius 3 is 2.64 bits per heavy atom. The summed E-state index contributed by atoms with van der Waals surface area (Å²) in [6.45, 7) is -0.169. The summed E-state index contributed by atoms with van der Waals surface area (Å²) >= 11 is 0.739. The van der Waals surface area contributed by atoms with Crippen molar-refractivity contribution in [3.05, 3.63) is 23.8 Å². The first-order valence-electron chi connectivity index (χ1n) is 5.94. The van der Waals surface area contributed by atoms with Crippen LogP contribution in [0.4, 0.5) is 0 Å². The molecule has 8 nitrogen and oxygen atoms in total. The van der Waals surface area contributed by atoms with Gasteiger partial charge >= 0.3 is 11.9 Å². The molecule has 0 bridgehead atoms. The topological polar surface area (TPSA) is 118 Å². The van der Waals surface area contributed by atoms with E-state index < -0.39 is 31.9 Å². The summed E-state index contributed by atoms with van der Waals surface area (Å²) in [6.07, 6.45) is 0. The minimum atomic E-state index is -4.38. The number of carboxylic acid groups (broad SMARTS) is 1. The highest BCUT2D eigenvalue weighted by molar-refractivity contribution is 8.15. The van der Waals surface area contributed by atoms with Gasteiger partial charge in [0.05, 0.1) is 12.7 Å². The van der Waals surface area contributed by atoms with Crippen LogP contribution in [0, 0.1) is 0 Å². The quantitative estimate of drug-likeness (QED) is 0.768. The fraction of sp³-hybridized carbons (Fsp3) is 0.250. The summed E-state index contributed by atoms with van der Waals surface area (Å²) in [6, 6.07) is 3.26. The number of carboxylic acids is 1. The number of carbonyl (C=O) groups excluding carboxylic acids is 2. The van der Waals surface area contributed by atoms with Crippen LogP contribution in [0.3, 0.4) is 0 Å².